The predicted molar refractivity (Wildman–Crippen MR) is 120 cm³/mol. The summed E-state index contributed by atoms with van der Waals surface area (Å²) in [4.78, 5) is 60.6. The molecule has 2 aromatic rings. The van der Waals surface area contributed by atoms with Gasteiger partial charge in [0.25, 0.3) is 23.2 Å². The smallest absolute Gasteiger partial charge is 0.341 e. The average Bonchev–Trinajstić information content (AvgIpc) is 3.09. The number of hydrogen-bond donors (Lipinski definition) is 1. The first-order chi connectivity index (χ1) is 15.5. The maximum absolute atomic E-state index is 12.9. The lowest BCUT2D eigenvalue weighted by Crippen LogP contribution is -2.30. The van der Waals surface area contributed by atoms with Crippen molar-refractivity contribution >= 4 is 45.5 Å². The van der Waals surface area contributed by atoms with E-state index in [2.05, 4.69) is 5.32 Å². The molecule has 1 aromatic carbocycles. The lowest BCUT2D eigenvalue weighted by molar-refractivity contribution is -0.394. The number of nitrogens with zero attached hydrogens (tertiary/aromatic N) is 3. The highest BCUT2D eigenvalue weighted by molar-refractivity contribution is 7.18. The number of amides is 2. The molecule has 0 unspecified atom stereocenters. The van der Waals surface area contributed by atoms with Gasteiger partial charge < -0.3 is 15.0 Å². The van der Waals surface area contributed by atoms with Crippen LogP contribution in [0.2, 0.25) is 0 Å². The SMILES string of the molecule is CCOC(=O)c1c(NC(=O)c2cc([N+](=O)[O-])cc([N+](=O)[O-])c2)sc(C(=O)N(CC)CC)c1C. The molecule has 0 aliphatic heterocycles. The van der Waals surface area contributed by atoms with Crippen molar-refractivity contribution in [2.75, 3.05) is 25.0 Å². The molecule has 13 heteroatoms. The minimum absolute atomic E-state index is 0.000570. The fraction of sp³-hybridized carbons (Fsp3) is 0.350. The molecule has 0 saturated heterocycles. The molecule has 12 nitrogen and oxygen atoms in total. The number of nitro groups is 2. The molecule has 0 fully saturated rings. The van der Waals surface area contributed by atoms with Crippen molar-refractivity contribution in [3.63, 3.8) is 0 Å². The monoisotopic (exact) mass is 478 g/mol. The number of thiophene rings is 1. The van der Waals surface area contributed by atoms with E-state index in [-0.39, 0.29) is 33.5 Å². The van der Waals surface area contributed by atoms with Gasteiger partial charge in [0.2, 0.25) is 0 Å². The number of non-ortho nitro benzene ring substituents is 2. The van der Waals surface area contributed by atoms with Crippen LogP contribution in [0, 0.1) is 27.2 Å². The van der Waals surface area contributed by atoms with Crippen LogP contribution in [0.5, 0.6) is 0 Å². The highest BCUT2D eigenvalue weighted by Crippen LogP contribution is 2.35. The second-order valence-electron chi connectivity index (χ2n) is 6.66. The van der Waals surface area contributed by atoms with Crippen molar-refractivity contribution in [3.05, 3.63) is 60.0 Å². The first-order valence-electron chi connectivity index (χ1n) is 9.90. The van der Waals surface area contributed by atoms with E-state index >= 15 is 0 Å². The topological polar surface area (TPSA) is 162 Å². The normalized spacial score (nSPS) is 10.4. The highest BCUT2D eigenvalue weighted by atomic mass is 32.1. The van der Waals surface area contributed by atoms with Gasteiger partial charge >= 0.3 is 5.97 Å². The van der Waals surface area contributed by atoms with E-state index < -0.39 is 33.1 Å². The maximum atomic E-state index is 12.9. The predicted octanol–water partition coefficient (Wildman–Crippen LogP) is 3.78. The molecule has 33 heavy (non-hydrogen) atoms. The van der Waals surface area contributed by atoms with Crippen LogP contribution in [-0.4, -0.2) is 52.2 Å². The van der Waals surface area contributed by atoms with Crippen LogP contribution in [0.15, 0.2) is 18.2 Å². The van der Waals surface area contributed by atoms with Crippen LogP contribution in [0.25, 0.3) is 0 Å². The van der Waals surface area contributed by atoms with Crippen LogP contribution in [0.4, 0.5) is 16.4 Å². The van der Waals surface area contributed by atoms with Gasteiger partial charge in [0.1, 0.15) is 5.00 Å². The standard InChI is InChI=1S/C20H22N4O8S/c1-5-22(6-2)19(26)16-11(4)15(20(27)32-7-3)18(33-16)21-17(25)12-8-13(23(28)29)10-14(9-12)24(30)31/h8-10H,5-7H2,1-4H3,(H,21,25). The van der Waals surface area contributed by atoms with Gasteiger partial charge in [-0.2, -0.15) is 0 Å². The van der Waals surface area contributed by atoms with Gasteiger partial charge in [0, 0.05) is 25.2 Å². The molecule has 1 N–H and O–H groups in total. The second-order valence-corrected chi connectivity index (χ2v) is 7.69. The molecule has 2 rings (SSSR count). The van der Waals surface area contributed by atoms with E-state index in [4.69, 9.17) is 4.74 Å². The van der Waals surface area contributed by atoms with Crippen LogP contribution in [0.1, 0.15) is 56.7 Å². The zero-order valence-electron chi connectivity index (χ0n) is 18.4. The van der Waals surface area contributed by atoms with Gasteiger partial charge in [0.05, 0.1) is 38.5 Å². The lowest BCUT2D eigenvalue weighted by Gasteiger charge is -2.18. The summed E-state index contributed by atoms with van der Waals surface area (Å²) in [6, 6.07) is 2.50. The van der Waals surface area contributed by atoms with Crippen molar-refractivity contribution in [1.82, 2.24) is 4.90 Å². The van der Waals surface area contributed by atoms with Crippen molar-refractivity contribution < 1.29 is 29.0 Å². The molecule has 1 aromatic heterocycles. The molecule has 0 atom stereocenters. The Labute approximate surface area is 192 Å². The van der Waals surface area contributed by atoms with E-state index in [1.165, 1.54) is 0 Å². The van der Waals surface area contributed by atoms with Crippen molar-refractivity contribution in [2.24, 2.45) is 0 Å². The number of carbonyl (C=O) groups is 3. The van der Waals surface area contributed by atoms with Gasteiger partial charge in [-0.05, 0) is 33.3 Å². The maximum Gasteiger partial charge on any atom is 0.341 e. The number of carbonyl (C=O) groups excluding carboxylic acids is 3. The molecule has 2 amide bonds. The third kappa shape index (κ3) is 5.49. The minimum Gasteiger partial charge on any atom is -0.462 e. The van der Waals surface area contributed by atoms with E-state index in [1.807, 2.05) is 0 Å². The number of benzene rings is 1. The molecule has 176 valence electrons. The number of esters is 1. The first-order valence-corrected chi connectivity index (χ1v) is 10.7. The lowest BCUT2D eigenvalue weighted by atomic mass is 10.1. The number of nitro benzene ring substituents is 2. The zero-order chi connectivity index (χ0) is 24.9. The number of hydrogen-bond acceptors (Lipinski definition) is 9. The van der Waals surface area contributed by atoms with Crippen molar-refractivity contribution in [2.45, 2.75) is 27.7 Å². The summed E-state index contributed by atoms with van der Waals surface area (Å²) in [6.07, 6.45) is 0. The van der Waals surface area contributed by atoms with Crippen molar-refractivity contribution in [1.29, 1.82) is 0 Å². The Morgan fingerprint density at radius 2 is 1.58 bits per heavy atom. The molecule has 0 aliphatic carbocycles. The average molecular weight is 478 g/mol. The van der Waals surface area contributed by atoms with Gasteiger partial charge in [-0.25, -0.2) is 4.79 Å². The van der Waals surface area contributed by atoms with Crippen molar-refractivity contribution in [3.8, 4) is 0 Å². The minimum atomic E-state index is -0.921. The van der Waals surface area contributed by atoms with Gasteiger partial charge in [0.15, 0.2) is 0 Å². The summed E-state index contributed by atoms with van der Waals surface area (Å²) >= 11 is 0.860. The number of nitrogens with one attached hydrogen (secondary N) is 1. The largest absolute Gasteiger partial charge is 0.462 e. The zero-order valence-corrected chi connectivity index (χ0v) is 19.2. The Morgan fingerprint density at radius 3 is 2.03 bits per heavy atom. The Bertz CT molecular complexity index is 1090. The third-order valence-electron chi connectivity index (χ3n) is 4.68. The first kappa shape index (κ1) is 25.4. The second kappa shape index (κ2) is 10.6. The quantitative estimate of drug-likeness (QED) is 0.323. The molecular formula is C20H22N4O8S. The Morgan fingerprint density at radius 1 is 1.03 bits per heavy atom. The van der Waals surface area contributed by atoms with Crippen LogP contribution in [0.3, 0.4) is 0 Å². The van der Waals surface area contributed by atoms with Gasteiger partial charge in [-0.1, -0.05) is 0 Å². The Balaban J connectivity index is 2.56. The number of ether oxygens (including phenoxy) is 1. The molecule has 0 aliphatic rings. The van der Waals surface area contributed by atoms with E-state index in [9.17, 15) is 34.6 Å². The van der Waals surface area contributed by atoms with Crippen LogP contribution in [-0.2, 0) is 4.74 Å². The molecule has 1 heterocycles. The summed E-state index contributed by atoms with van der Waals surface area (Å²) < 4.78 is 5.06. The van der Waals surface area contributed by atoms with Gasteiger partial charge in [-0.3, -0.25) is 29.8 Å². The summed E-state index contributed by atoms with van der Waals surface area (Å²) in [5.74, 6) is -2.01. The van der Waals surface area contributed by atoms with Crippen LogP contribution >= 0.6 is 11.3 Å². The summed E-state index contributed by atoms with van der Waals surface area (Å²) in [7, 11) is 0. The Hall–Kier alpha value is -3.87. The fourth-order valence-corrected chi connectivity index (χ4v) is 4.18. The highest BCUT2D eigenvalue weighted by Gasteiger charge is 2.29. The van der Waals surface area contributed by atoms with Crippen LogP contribution < -0.4 is 5.32 Å². The number of anilines is 1. The molecular weight excluding hydrogens is 456 g/mol. The summed E-state index contributed by atoms with van der Waals surface area (Å²) in [5, 5.41) is 24.7. The fourth-order valence-electron chi connectivity index (χ4n) is 3.02. The molecule has 0 saturated carbocycles. The Kier molecular flexibility index (Phi) is 8.18. The summed E-state index contributed by atoms with van der Waals surface area (Å²) in [5.41, 5.74) is -1.34. The third-order valence-corrected chi connectivity index (χ3v) is 5.88. The van der Waals surface area contributed by atoms with E-state index in [0.29, 0.717) is 18.7 Å². The molecule has 0 bridgehead atoms. The van der Waals surface area contributed by atoms with E-state index in [1.54, 1.807) is 32.6 Å². The van der Waals surface area contributed by atoms with Gasteiger partial charge in [-0.15, -0.1) is 11.3 Å². The summed E-state index contributed by atoms with van der Waals surface area (Å²) in [6.45, 7) is 7.66. The molecule has 0 spiro atoms. The number of rotatable bonds is 9. The van der Waals surface area contributed by atoms with E-state index in [0.717, 1.165) is 29.5 Å². The molecule has 0 radical (unpaired) electrons.